The molecule has 0 aliphatic carbocycles. The lowest BCUT2D eigenvalue weighted by Gasteiger charge is -2.38. The number of carbonyl (C=O) groups excluding carboxylic acids is 3. The van der Waals surface area contributed by atoms with Crippen molar-refractivity contribution in [2.75, 3.05) is 39.3 Å². The van der Waals surface area contributed by atoms with Gasteiger partial charge in [0.25, 0.3) is 0 Å². The maximum absolute atomic E-state index is 14.6. The first-order valence-corrected chi connectivity index (χ1v) is 17.4. The fourth-order valence-corrected chi connectivity index (χ4v) is 8.09. The highest BCUT2D eigenvalue weighted by Gasteiger charge is 2.47. The summed E-state index contributed by atoms with van der Waals surface area (Å²) in [5.74, 6) is -0.144. The van der Waals surface area contributed by atoms with Crippen LogP contribution in [0.2, 0.25) is 0 Å². The number of hydrogen-bond acceptors (Lipinski definition) is 5. The summed E-state index contributed by atoms with van der Waals surface area (Å²) in [6.07, 6.45) is 3.01. The molecule has 3 aliphatic heterocycles. The highest BCUT2D eigenvalue weighted by atomic mass is 16.3. The van der Waals surface area contributed by atoms with Gasteiger partial charge in [-0.05, 0) is 61.4 Å². The number of hydrogen-bond donors (Lipinski definition) is 2. The third-order valence-corrected chi connectivity index (χ3v) is 10.6. The fraction of sp³-hybridized carbons (Fsp3) is 0.462. The number of nitrogens with zero attached hydrogens (tertiary/aromatic N) is 3. The van der Waals surface area contributed by atoms with Gasteiger partial charge in [0.2, 0.25) is 17.7 Å². The van der Waals surface area contributed by atoms with Crippen molar-refractivity contribution < 1.29 is 19.5 Å². The minimum atomic E-state index is -0.817. The Morgan fingerprint density at radius 2 is 1.34 bits per heavy atom. The van der Waals surface area contributed by atoms with Gasteiger partial charge >= 0.3 is 0 Å². The van der Waals surface area contributed by atoms with Crippen molar-refractivity contribution in [2.45, 2.75) is 69.1 Å². The van der Waals surface area contributed by atoms with Crippen LogP contribution in [-0.2, 0) is 19.8 Å². The molecule has 3 fully saturated rings. The van der Waals surface area contributed by atoms with Crippen LogP contribution < -0.4 is 5.32 Å². The van der Waals surface area contributed by atoms with Crippen LogP contribution in [0, 0.1) is 5.92 Å². The second-order valence-corrected chi connectivity index (χ2v) is 13.5. The zero-order valence-corrected chi connectivity index (χ0v) is 27.5. The number of benzene rings is 3. The van der Waals surface area contributed by atoms with E-state index in [4.69, 9.17) is 0 Å². The van der Waals surface area contributed by atoms with Gasteiger partial charge in [-0.1, -0.05) is 97.9 Å². The van der Waals surface area contributed by atoms with E-state index in [2.05, 4.69) is 53.5 Å². The highest BCUT2D eigenvalue weighted by Crippen LogP contribution is 2.43. The van der Waals surface area contributed by atoms with Gasteiger partial charge in [-0.25, -0.2) is 0 Å². The van der Waals surface area contributed by atoms with Gasteiger partial charge in [0, 0.05) is 39.0 Å². The molecular formula is C39H48N4O4. The largest absolute Gasteiger partial charge is 0.391 e. The number of amides is 3. The van der Waals surface area contributed by atoms with Crippen molar-refractivity contribution in [3.63, 3.8) is 0 Å². The first kappa shape index (κ1) is 32.9. The van der Waals surface area contributed by atoms with E-state index in [9.17, 15) is 19.5 Å². The SMILES string of the molecule is CCN1CCCC(CNC(=O)C2CCCN2C(=O)C2CC(O)CN2C(=O)CC(c2ccccc2)(c2ccccc2)c2ccccc2)C1. The number of likely N-dealkylation sites (tertiary alicyclic amines) is 3. The van der Waals surface area contributed by atoms with Crippen LogP contribution in [0.4, 0.5) is 0 Å². The van der Waals surface area contributed by atoms with Crippen LogP contribution in [0.25, 0.3) is 0 Å². The molecule has 8 heteroatoms. The standard InChI is InChI=1S/C39H48N4O4/c1-2-41-22-12-14-29(27-41)26-40-37(46)34-21-13-23-42(34)38(47)35-24-33(44)28-43(35)36(45)25-39(30-15-6-3-7-16-30,31-17-8-4-9-18-31)32-19-10-5-11-20-32/h3-11,15-20,29,33-35,44H,2,12-14,21-28H2,1H3,(H,40,46). The van der Waals surface area contributed by atoms with Gasteiger partial charge in [0.05, 0.1) is 11.5 Å². The van der Waals surface area contributed by atoms with E-state index < -0.39 is 23.6 Å². The van der Waals surface area contributed by atoms with Crippen LogP contribution in [0.3, 0.4) is 0 Å². The summed E-state index contributed by atoms with van der Waals surface area (Å²) in [6.45, 7) is 6.45. The average molecular weight is 637 g/mol. The van der Waals surface area contributed by atoms with Crippen LogP contribution >= 0.6 is 0 Å². The van der Waals surface area contributed by atoms with E-state index in [1.807, 2.05) is 54.6 Å². The van der Waals surface area contributed by atoms with Gasteiger partial charge < -0.3 is 25.1 Å². The molecular weight excluding hydrogens is 588 g/mol. The predicted octanol–water partition coefficient (Wildman–Crippen LogP) is 4.21. The maximum Gasteiger partial charge on any atom is 0.246 e. The Labute approximate surface area is 278 Å². The fourth-order valence-electron chi connectivity index (χ4n) is 8.09. The maximum atomic E-state index is 14.6. The normalized spacial score (nSPS) is 23.5. The molecule has 6 rings (SSSR count). The predicted molar refractivity (Wildman–Crippen MR) is 183 cm³/mol. The number of aliphatic hydroxyl groups is 1. The lowest BCUT2D eigenvalue weighted by atomic mass is 9.67. The average Bonchev–Trinajstić information content (AvgIpc) is 3.78. The van der Waals surface area contributed by atoms with E-state index in [0.717, 1.165) is 55.6 Å². The van der Waals surface area contributed by atoms with Crippen molar-refractivity contribution in [3.8, 4) is 0 Å². The zero-order chi connectivity index (χ0) is 32.8. The third kappa shape index (κ3) is 6.99. The van der Waals surface area contributed by atoms with E-state index in [1.54, 1.807) is 9.80 Å². The second kappa shape index (κ2) is 14.8. The lowest BCUT2D eigenvalue weighted by Crippen LogP contribution is -2.54. The first-order valence-electron chi connectivity index (χ1n) is 17.4. The minimum absolute atomic E-state index is 0.0849. The molecule has 0 spiro atoms. The summed E-state index contributed by atoms with van der Waals surface area (Å²) in [5.41, 5.74) is 2.11. The molecule has 3 aliphatic rings. The van der Waals surface area contributed by atoms with Crippen LogP contribution in [0.5, 0.6) is 0 Å². The molecule has 0 saturated carbocycles. The molecule has 3 heterocycles. The Balaban J connectivity index is 1.23. The number of piperidine rings is 1. The molecule has 3 saturated heterocycles. The Hall–Kier alpha value is -4.01. The summed E-state index contributed by atoms with van der Waals surface area (Å²) in [4.78, 5) is 47.9. The van der Waals surface area contributed by atoms with E-state index in [1.165, 1.54) is 0 Å². The molecule has 3 aromatic carbocycles. The van der Waals surface area contributed by atoms with Crippen LogP contribution in [0.15, 0.2) is 91.0 Å². The molecule has 2 N–H and O–H groups in total. The molecule has 8 nitrogen and oxygen atoms in total. The van der Waals surface area contributed by atoms with E-state index >= 15 is 0 Å². The lowest BCUT2D eigenvalue weighted by molar-refractivity contribution is -0.146. The van der Waals surface area contributed by atoms with E-state index in [0.29, 0.717) is 25.4 Å². The second-order valence-electron chi connectivity index (χ2n) is 13.5. The molecule has 0 bridgehead atoms. The number of β-amino-alcohol motifs (C(OH)–C–C–N with tert-alkyl or cyclic N) is 1. The van der Waals surface area contributed by atoms with E-state index in [-0.39, 0.29) is 37.1 Å². The number of aliphatic hydroxyl groups excluding tert-OH is 1. The molecule has 4 atom stereocenters. The highest BCUT2D eigenvalue weighted by molar-refractivity contribution is 5.93. The summed E-state index contributed by atoms with van der Waals surface area (Å²) in [6, 6.07) is 28.7. The monoisotopic (exact) mass is 636 g/mol. The Kier molecular flexibility index (Phi) is 10.4. The molecule has 0 aromatic heterocycles. The van der Waals surface area contributed by atoms with Crippen molar-refractivity contribution >= 4 is 17.7 Å². The van der Waals surface area contributed by atoms with Crippen molar-refractivity contribution in [1.29, 1.82) is 0 Å². The van der Waals surface area contributed by atoms with Crippen molar-refractivity contribution in [2.24, 2.45) is 5.92 Å². The Morgan fingerprint density at radius 3 is 1.91 bits per heavy atom. The zero-order valence-electron chi connectivity index (χ0n) is 27.5. The first-order chi connectivity index (χ1) is 22.9. The van der Waals surface area contributed by atoms with Crippen molar-refractivity contribution in [3.05, 3.63) is 108 Å². The number of rotatable bonds is 10. The number of nitrogens with one attached hydrogen (secondary N) is 1. The summed E-state index contributed by atoms with van der Waals surface area (Å²) in [5, 5.41) is 14.0. The number of carbonyl (C=O) groups is 3. The minimum Gasteiger partial charge on any atom is -0.391 e. The summed E-state index contributed by atoms with van der Waals surface area (Å²) < 4.78 is 0. The van der Waals surface area contributed by atoms with Gasteiger partial charge in [-0.2, -0.15) is 0 Å². The van der Waals surface area contributed by atoms with Gasteiger partial charge in [-0.3, -0.25) is 14.4 Å². The Morgan fingerprint density at radius 1 is 0.766 bits per heavy atom. The Bertz CT molecular complexity index is 1400. The molecule has 0 radical (unpaired) electrons. The van der Waals surface area contributed by atoms with Crippen molar-refractivity contribution in [1.82, 2.24) is 20.0 Å². The topological polar surface area (TPSA) is 93.2 Å². The summed E-state index contributed by atoms with van der Waals surface area (Å²) >= 11 is 0. The van der Waals surface area contributed by atoms with Crippen LogP contribution in [-0.4, -0.2) is 95.0 Å². The van der Waals surface area contributed by atoms with Gasteiger partial charge in [0.1, 0.15) is 12.1 Å². The quantitative estimate of drug-likeness (QED) is 0.326. The van der Waals surface area contributed by atoms with Gasteiger partial charge in [-0.15, -0.1) is 0 Å². The van der Waals surface area contributed by atoms with Gasteiger partial charge in [0.15, 0.2) is 0 Å². The molecule has 3 aromatic rings. The molecule has 4 unspecified atom stereocenters. The molecule has 248 valence electrons. The third-order valence-electron chi connectivity index (χ3n) is 10.6. The molecule has 47 heavy (non-hydrogen) atoms. The smallest absolute Gasteiger partial charge is 0.246 e. The summed E-state index contributed by atoms with van der Waals surface area (Å²) in [7, 11) is 0. The van der Waals surface area contributed by atoms with Crippen LogP contribution in [0.1, 0.15) is 62.1 Å². The molecule has 3 amide bonds.